The van der Waals surface area contributed by atoms with E-state index in [-0.39, 0.29) is 11.8 Å². The van der Waals surface area contributed by atoms with Crippen molar-refractivity contribution in [1.82, 2.24) is 10.2 Å². The molecule has 4 nitrogen and oxygen atoms in total. The molecule has 0 saturated carbocycles. The summed E-state index contributed by atoms with van der Waals surface area (Å²) >= 11 is 1.57. The van der Waals surface area contributed by atoms with Crippen LogP contribution in [0.3, 0.4) is 0 Å². The zero-order valence-corrected chi connectivity index (χ0v) is 16.4. The number of thioether (sulfide) groups is 1. The number of nitrogens with one attached hydrogen (secondary N) is 1. The van der Waals surface area contributed by atoms with Gasteiger partial charge in [0.25, 0.3) is 0 Å². The lowest BCUT2D eigenvalue weighted by molar-refractivity contribution is -0.138. The molecule has 0 aliphatic rings. The van der Waals surface area contributed by atoms with E-state index < -0.39 is 6.04 Å². The topological polar surface area (TPSA) is 49.4 Å². The fourth-order valence-electron chi connectivity index (χ4n) is 2.68. The van der Waals surface area contributed by atoms with Crippen LogP contribution >= 0.6 is 11.8 Å². The molecule has 0 spiro atoms. The summed E-state index contributed by atoms with van der Waals surface area (Å²) in [5.74, 6) is 0.951. The van der Waals surface area contributed by atoms with Gasteiger partial charge in [0.2, 0.25) is 11.8 Å². The predicted molar refractivity (Wildman–Crippen MR) is 108 cm³/mol. The SMILES string of the molecule is CNC(=O)[C@@H](C)N(Cc1ccccc1C)C(=O)CSCc1ccccc1. The summed E-state index contributed by atoms with van der Waals surface area (Å²) in [6.45, 7) is 4.23. The Balaban J connectivity index is 2.05. The second kappa shape index (κ2) is 10.0. The van der Waals surface area contributed by atoms with Gasteiger partial charge >= 0.3 is 0 Å². The molecule has 0 unspecified atom stereocenters. The van der Waals surface area contributed by atoms with Crippen molar-refractivity contribution in [2.75, 3.05) is 12.8 Å². The molecule has 0 fully saturated rings. The summed E-state index contributed by atoms with van der Waals surface area (Å²) in [5.41, 5.74) is 3.37. The lowest BCUT2D eigenvalue weighted by Gasteiger charge is -2.29. The van der Waals surface area contributed by atoms with Gasteiger partial charge in [0.1, 0.15) is 6.04 Å². The minimum atomic E-state index is -0.510. The molecule has 2 aromatic rings. The Labute approximate surface area is 160 Å². The smallest absolute Gasteiger partial charge is 0.242 e. The summed E-state index contributed by atoms with van der Waals surface area (Å²) < 4.78 is 0. The van der Waals surface area contributed by atoms with Crippen LogP contribution in [0, 0.1) is 6.92 Å². The summed E-state index contributed by atoms with van der Waals surface area (Å²) in [7, 11) is 1.60. The first-order valence-electron chi connectivity index (χ1n) is 8.70. The van der Waals surface area contributed by atoms with Crippen molar-refractivity contribution in [2.24, 2.45) is 0 Å². The number of rotatable bonds is 8. The van der Waals surface area contributed by atoms with E-state index in [0.29, 0.717) is 12.3 Å². The highest BCUT2D eigenvalue weighted by molar-refractivity contribution is 7.99. The third kappa shape index (κ3) is 5.63. The van der Waals surface area contributed by atoms with Crippen LogP contribution in [-0.2, 0) is 21.9 Å². The van der Waals surface area contributed by atoms with E-state index in [9.17, 15) is 9.59 Å². The third-order valence-corrected chi connectivity index (χ3v) is 5.34. The minimum absolute atomic E-state index is 0.0229. The van der Waals surface area contributed by atoms with Gasteiger partial charge in [-0.05, 0) is 30.5 Å². The summed E-state index contributed by atoms with van der Waals surface area (Å²) in [5, 5.41) is 2.64. The monoisotopic (exact) mass is 370 g/mol. The molecule has 0 heterocycles. The molecule has 0 radical (unpaired) electrons. The van der Waals surface area contributed by atoms with Crippen LogP contribution in [-0.4, -0.2) is 35.6 Å². The van der Waals surface area contributed by atoms with Crippen LogP contribution < -0.4 is 5.32 Å². The Kier molecular flexibility index (Phi) is 7.73. The van der Waals surface area contributed by atoms with Crippen molar-refractivity contribution in [3.05, 3.63) is 71.3 Å². The summed E-state index contributed by atoms with van der Waals surface area (Å²) in [4.78, 5) is 26.6. The molecule has 26 heavy (non-hydrogen) atoms. The number of nitrogens with zero attached hydrogens (tertiary/aromatic N) is 1. The van der Waals surface area contributed by atoms with Crippen LogP contribution in [0.2, 0.25) is 0 Å². The second-order valence-corrected chi connectivity index (χ2v) is 7.20. The van der Waals surface area contributed by atoms with E-state index in [2.05, 4.69) is 17.4 Å². The molecule has 0 aliphatic carbocycles. The van der Waals surface area contributed by atoms with Crippen molar-refractivity contribution < 1.29 is 9.59 Å². The van der Waals surface area contributed by atoms with E-state index in [1.54, 1.807) is 30.6 Å². The quantitative estimate of drug-likeness (QED) is 0.775. The maximum atomic E-state index is 12.8. The molecule has 0 aromatic heterocycles. The Morgan fingerprint density at radius 2 is 1.73 bits per heavy atom. The second-order valence-electron chi connectivity index (χ2n) is 6.22. The first kappa shape index (κ1) is 20.0. The number of hydrogen-bond donors (Lipinski definition) is 1. The van der Waals surface area contributed by atoms with Gasteiger partial charge in [-0.3, -0.25) is 9.59 Å². The van der Waals surface area contributed by atoms with Gasteiger partial charge < -0.3 is 10.2 Å². The highest BCUT2D eigenvalue weighted by Crippen LogP contribution is 2.17. The van der Waals surface area contributed by atoms with E-state index in [1.807, 2.05) is 49.4 Å². The Morgan fingerprint density at radius 3 is 2.38 bits per heavy atom. The molecule has 0 saturated heterocycles. The number of aryl methyl sites for hydroxylation is 1. The van der Waals surface area contributed by atoms with Crippen LogP contribution in [0.15, 0.2) is 54.6 Å². The van der Waals surface area contributed by atoms with Crippen LogP contribution in [0.4, 0.5) is 0 Å². The van der Waals surface area contributed by atoms with Gasteiger partial charge in [-0.2, -0.15) is 0 Å². The number of likely N-dealkylation sites (N-methyl/N-ethyl adjacent to an activating group) is 1. The molecular formula is C21H26N2O2S. The maximum absolute atomic E-state index is 12.8. The number of carbonyl (C=O) groups is 2. The van der Waals surface area contributed by atoms with Gasteiger partial charge in [0, 0.05) is 19.3 Å². The van der Waals surface area contributed by atoms with Gasteiger partial charge in [-0.1, -0.05) is 54.6 Å². The van der Waals surface area contributed by atoms with Crippen molar-refractivity contribution >= 4 is 23.6 Å². The molecule has 0 aliphatic heterocycles. The fourth-order valence-corrected chi connectivity index (χ4v) is 3.55. The fraction of sp³-hybridized carbons (Fsp3) is 0.333. The molecule has 5 heteroatoms. The summed E-state index contributed by atoms with van der Waals surface area (Å²) in [6.07, 6.45) is 0. The van der Waals surface area contributed by atoms with Crippen LogP contribution in [0.25, 0.3) is 0 Å². The number of amides is 2. The first-order valence-corrected chi connectivity index (χ1v) is 9.85. The average Bonchev–Trinajstić information content (AvgIpc) is 2.67. The summed E-state index contributed by atoms with van der Waals surface area (Å²) in [6, 6.07) is 17.5. The molecule has 1 atom stereocenters. The highest BCUT2D eigenvalue weighted by Gasteiger charge is 2.25. The zero-order valence-electron chi connectivity index (χ0n) is 15.6. The largest absolute Gasteiger partial charge is 0.357 e. The molecule has 0 bridgehead atoms. The Bertz CT molecular complexity index is 734. The first-order chi connectivity index (χ1) is 12.5. The van der Waals surface area contributed by atoms with E-state index in [0.717, 1.165) is 16.9 Å². The molecular weight excluding hydrogens is 344 g/mol. The molecule has 1 N–H and O–H groups in total. The Morgan fingerprint density at radius 1 is 1.08 bits per heavy atom. The Hall–Kier alpha value is -2.27. The highest BCUT2D eigenvalue weighted by atomic mass is 32.2. The number of benzene rings is 2. The van der Waals surface area contributed by atoms with Gasteiger partial charge in [0.05, 0.1) is 5.75 Å². The molecule has 2 aromatic carbocycles. The minimum Gasteiger partial charge on any atom is -0.357 e. The van der Waals surface area contributed by atoms with Crippen molar-refractivity contribution in [3.63, 3.8) is 0 Å². The van der Waals surface area contributed by atoms with E-state index in [4.69, 9.17) is 0 Å². The number of hydrogen-bond acceptors (Lipinski definition) is 3. The van der Waals surface area contributed by atoms with Gasteiger partial charge in [-0.25, -0.2) is 0 Å². The lowest BCUT2D eigenvalue weighted by Crippen LogP contribution is -2.47. The average molecular weight is 371 g/mol. The van der Waals surface area contributed by atoms with Gasteiger partial charge in [-0.15, -0.1) is 11.8 Å². The zero-order chi connectivity index (χ0) is 18.9. The lowest BCUT2D eigenvalue weighted by atomic mass is 10.1. The molecule has 2 amide bonds. The van der Waals surface area contributed by atoms with Crippen molar-refractivity contribution in [2.45, 2.75) is 32.2 Å². The normalized spacial score (nSPS) is 11.7. The van der Waals surface area contributed by atoms with Gasteiger partial charge in [0.15, 0.2) is 0 Å². The predicted octanol–water partition coefficient (Wildman–Crippen LogP) is 3.39. The molecule has 2 rings (SSSR count). The van der Waals surface area contributed by atoms with E-state index >= 15 is 0 Å². The van der Waals surface area contributed by atoms with E-state index in [1.165, 1.54) is 5.56 Å². The molecule has 138 valence electrons. The third-order valence-electron chi connectivity index (χ3n) is 4.35. The standard InChI is InChI=1S/C21H26N2O2S/c1-16-9-7-8-12-19(16)13-23(17(2)21(25)22-3)20(24)15-26-14-18-10-5-4-6-11-18/h4-12,17H,13-15H2,1-3H3,(H,22,25)/t17-/m1/s1. The van der Waals surface area contributed by atoms with Crippen molar-refractivity contribution in [1.29, 1.82) is 0 Å². The van der Waals surface area contributed by atoms with Crippen LogP contribution in [0.1, 0.15) is 23.6 Å². The van der Waals surface area contributed by atoms with Crippen LogP contribution in [0.5, 0.6) is 0 Å². The maximum Gasteiger partial charge on any atom is 0.242 e. The number of carbonyl (C=O) groups excluding carboxylic acids is 2. The van der Waals surface area contributed by atoms with Crippen molar-refractivity contribution in [3.8, 4) is 0 Å².